The summed E-state index contributed by atoms with van der Waals surface area (Å²) in [5.74, 6) is 1.06. The number of ether oxygens (including phenoxy) is 1. The van der Waals surface area contributed by atoms with Gasteiger partial charge in [-0.05, 0) is 36.1 Å². The van der Waals surface area contributed by atoms with Crippen molar-refractivity contribution >= 4 is 0 Å². The predicted molar refractivity (Wildman–Crippen MR) is 69.5 cm³/mol. The van der Waals surface area contributed by atoms with Crippen LogP contribution in [0.1, 0.15) is 23.6 Å². The predicted octanol–water partition coefficient (Wildman–Crippen LogP) is 3.60. The largest absolute Gasteiger partial charge is 0.490 e. The molecule has 3 rings (SSSR count). The zero-order chi connectivity index (χ0) is 11.7. The van der Waals surface area contributed by atoms with Crippen LogP contribution in [0.25, 0.3) is 0 Å². The maximum Gasteiger partial charge on any atom is 0.123 e. The molecule has 1 unspecified atom stereocenters. The molecule has 17 heavy (non-hydrogen) atoms. The first-order valence-corrected chi connectivity index (χ1v) is 6.13. The Morgan fingerprint density at radius 3 is 2.71 bits per heavy atom. The summed E-state index contributed by atoms with van der Waals surface area (Å²) in [5.41, 5.74) is 4.08. The quantitative estimate of drug-likeness (QED) is 0.757. The molecule has 0 N–H and O–H groups in total. The Morgan fingerprint density at radius 1 is 1.06 bits per heavy atom. The summed E-state index contributed by atoms with van der Waals surface area (Å²) in [6.07, 6.45) is 2.37. The van der Waals surface area contributed by atoms with Crippen molar-refractivity contribution in [3.63, 3.8) is 0 Å². The lowest BCUT2D eigenvalue weighted by atomic mass is 10.0. The van der Waals surface area contributed by atoms with Gasteiger partial charge in [0, 0.05) is 6.42 Å². The van der Waals surface area contributed by atoms with Crippen LogP contribution in [0, 0.1) is 0 Å². The highest BCUT2D eigenvalue weighted by molar-refractivity contribution is 5.42. The van der Waals surface area contributed by atoms with Gasteiger partial charge in [0.05, 0.1) is 0 Å². The highest BCUT2D eigenvalue weighted by Crippen LogP contribution is 2.29. The number of benzene rings is 2. The van der Waals surface area contributed by atoms with Gasteiger partial charge in [-0.15, -0.1) is 0 Å². The van der Waals surface area contributed by atoms with Gasteiger partial charge in [-0.2, -0.15) is 0 Å². The lowest BCUT2D eigenvalue weighted by Gasteiger charge is -2.04. The molecule has 1 heterocycles. The number of hydrogen-bond donors (Lipinski definition) is 0. The third-order valence-corrected chi connectivity index (χ3v) is 3.21. The second kappa shape index (κ2) is 4.25. The van der Waals surface area contributed by atoms with E-state index >= 15 is 0 Å². The Labute approximate surface area is 102 Å². The molecule has 0 fully saturated rings. The van der Waals surface area contributed by atoms with Crippen LogP contribution in [0.5, 0.6) is 5.75 Å². The van der Waals surface area contributed by atoms with Crippen molar-refractivity contribution in [1.82, 2.24) is 0 Å². The fourth-order valence-corrected chi connectivity index (χ4v) is 2.42. The average molecular weight is 224 g/mol. The van der Waals surface area contributed by atoms with Crippen molar-refractivity contribution in [3.05, 3.63) is 65.2 Å². The van der Waals surface area contributed by atoms with Crippen molar-refractivity contribution in [2.45, 2.75) is 25.9 Å². The van der Waals surface area contributed by atoms with E-state index in [0.29, 0.717) is 6.10 Å². The van der Waals surface area contributed by atoms with Gasteiger partial charge in [0.25, 0.3) is 0 Å². The average Bonchev–Trinajstić information content (AvgIpc) is 2.70. The third kappa shape index (κ3) is 2.19. The standard InChI is InChI=1S/C16H16O/c1-12-9-15-11-14(7-8-16(15)17-12)10-13-5-3-2-4-6-13/h2-8,11-12H,9-10H2,1H3. The second-order valence-corrected chi connectivity index (χ2v) is 4.74. The molecule has 1 atom stereocenters. The Kier molecular flexibility index (Phi) is 2.60. The van der Waals surface area contributed by atoms with Crippen molar-refractivity contribution in [3.8, 4) is 5.75 Å². The van der Waals surface area contributed by atoms with Gasteiger partial charge in [-0.3, -0.25) is 0 Å². The fourth-order valence-electron chi connectivity index (χ4n) is 2.42. The van der Waals surface area contributed by atoms with E-state index in [1.165, 1.54) is 16.7 Å². The molecular formula is C16H16O. The topological polar surface area (TPSA) is 9.23 Å². The molecule has 0 saturated carbocycles. The minimum atomic E-state index is 0.331. The maximum atomic E-state index is 5.71. The summed E-state index contributed by atoms with van der Waals surface area (Å²) < 4.78 is 5.71. The van der Waals surface area contributed by atoms with Gasteiger partial charge in [-0.1, -0.05) is 42.5 Å². The molecule has 0 amide bonds. The van der Waals surface area contributed by atoms with E-state index in [2.05, 4.69) is 55.5 Å². The minimum absolute atomic E-state index is 0.331. The summed E-state index contributed by atoms with van der Waals surface area (Å²) in [6, 6.07) is 17.1. The van der Waals surface area contributed by atoms with Crippen LogP contribution >= 0.6 is 0 Å². The molecule has 1 nitrogen and oxygen atoms in total. The van der Waals surface area contributed by atoms with Crippen molar-refractivity contribution in [1.29, 1.82) is 0 Å². The molecule has 2 aromatic rings. The van der Waals surface area contributed by atoms with E-state index in [-0.39, 0.29) is 0 Å². The van der Waals surface area contributed by atoms with E-state index in [4.69, 9.17) is 4.74 Å². The zero-order valence-corrected chi connectivity index (χ0v) is 10.0. The SMILES string of the molecule is CC1Cc2cc(Cc3ccccc3)ccc2O1. The lowest BCUT2D eigenvalue weighted by molar-refractivity contribution is 0.254. The minimum Gasteiger partial charge on any atom is -0.490 e. The van der Waals surface area contributed by atoms with Gasteiger partial charge in [0.15, 0.2) is 0 Å². The number of hydrogen-bond acceptors (Lipinski definition) is 1. The summed E-state index contributed by atoms with van der Waals surface area (Å²) in [4.78, 5) is 0. The smallest absolute Gasteiger partial charge is 0.123 e. The second-order valence-electron chi connectivity index (χ2n) is 4.74. The molecule has 0 spiro atoms. The Hall–Kier alpha value is -1.76. The fraction of sp³-hybridized carbons (Fsp3) is 0.250. The van der Waals surface area contributed by atoms with Gasteiger partial charge in [0.1, 0.15) is 11.9 Å². The van der Waals surface area contributed by atoms with Crippen LogP contribution in [0.2, 0.25) is 0 Å². The van der Waals surface area contributed by atoms with Crippen LogP contribution in [0.3, 0.4) is 0 Å². The number of fused-ring (bicyclic) bond motifs is 1. The number of rotatable bonds is 2. The molecule has 1 heteroatoms. The van der Waals surface area contributed by atoms with E-state index < -0.39 is 0 Å². The van der Waals surface area contributed by atoms with Gasteiger partial charge in [0.2, 0.25) is 0 Å². The van der Waals surface area contributed by atoms with E-state index in [0.717, 1.165) is 18.6 Å². The molecule has 0 radical (unpaired) electrons. The van der Waals surface area contributed by atoms with Crippen LogP contribution in [-0.4, -0.2) is 6.10 Å². The highest BCUT2D eigenvalue weighted by atomic mass is 16.5. The zero-order valence-electron chi connectivity index (χ0n) is 10.0. The van der Waals surface area contributed by atoms with Crippen LogP contribution < -0.4 is 4.74 Å². The summed E-state index contributed by atoms with van der Waals surface area (Å²) >= 11 is 0. The molecule has 0 aliphatic carbocycles. The molecule has 1 aliphatic heterocycles. The molecule has 0 saturated heterocycles. The Morgan fingerprint density at radius 2 is 1.88 bits per heavy atom. The van der Waals surface area contributed by atoms with E-state index in [1.807, 2.05) is 0 Å². The normalized spacial score (nSPS) is 17.6. The van der Waals surface area contributed by atoms with Gasteiger partial charge >= 0.3 is 0 Å². The summed E-state index contributed by atoms with van der Waals surface area (Å²) in [6.45, 7) is 2.12. The van der Waals surface area contributed by atoms with Crippen LogP contribution in [0.4, 0.5) is 0 Å². The first-order chi connectivity index (χ1) is 8.31. The lowest BCUT2D eigenvalue weighted by Crippen LogP contribution is -2.05. The summed E-state index contributed by atoms with van der Waals surface area (Å²) in [5, 5.41) is 0. The molecule has 0 aromatic heterocycles. The van der Waals surface area contributed by atoms with Gasteiger partial charge in [-0.25, -0.2) is 0 Å². The molecule has 0 bridgehead atoms. The Balaban J connectivity index is 1.84. The van der Waals surface area contributed by atoms with Crippen LogP contribution in [-0.2, 0) is 12.8 Å². The van der Waals surface area contributed by atoms with Crippen molar-refractivity contribution < 1.29 is 4.74 Å². The highest BCUT2D eigenvalue weighted by Gasteiger charge is 2.18. The molecule has 86 valence electrons. The van der Waals surface area contributed by atoms with E-state index in [1.54, 1.807) is 0 Å². The first-order valence-electron chi connectivity index (χ1n) is 6.13. The Bertz CT molecular complexity index is 516. The molecular weight excluding hydrogens is 208 g/mol. The summed E-state index contributed by atoms with van der Waals surface area (Å²) in [7, 11) is 0. The molecule has 2 aromatic carbocycles. The van der Waals surface area contributed by atoms with E-state index in [9.17, 15) is 0 Å². The van der Waals surface area contributed by atoms with Crippen molar-refractivity contribution in [2.75, 3.05) is 0 Å². The molecule has 1 aliphatic rings. The maximum absolute atomic E-state index is 5.71. The van der Waals surface area contributed by atoms with Crippen LogP contribution in [0.15, 0.2) is 48.5 Å². The monoisotopic (exact) mass is 224 g/mol. The van der Waals surface area contributed by atoms with Crippen molar-refractivity contribution in [2.24, 2.45) is 0 Å². The van der Waals surface area contributed by atoms with Gasteiger partial charge < -0.3 is 4.74 Å². The first kappa shape index (κ1) is 10.4. The third-order valence-electron chi connectivity index (χ3n) is 3.21.